The lowest BCUT2D eigenvalue weighted by Gasteiger charge is -2.43. The third kappa shape index (κ3) is 2.91. The molecular formula is C19H24N4O2. The van der Waals surface area contributed by atoms with E-state index in [1.165, 1.54) is 0 Å². The molecule has 2 saturated heterocycles. The van der Waals surface area contributed by atoms with Crippen LogP contribution in [0.1, 0.15) is 37.1 Å². The Morgan fingerprint density at radius 1 is 1.28 bits per heavy atom. The highest BCUT2D eigenvalue weighted by molar-refractivity contribution is 5.75. The van der Waals surface area contributed by atoms with Gasteiger partial charge in [-0.15, -0.1) is 0 Å². The number of aromatic nitrogens is 2. The summed E-state index contributed by atoms with van der Waals surface area (Å²) >= 11 is 0. The lowest BCUT2D eigenvalue weighted by Crippen LogP contribution is -2.55. The Balaban J connectivity index is 1.45. The van der Waals surface area contributed by atoms with Crippen LogP contribution in [0.5, 0.6) is 0 Å². The van der Waals surface area contributed by atoms with E-state index in [-0.39, 0.29) is 18.1 Å². The Hall–Kier alpha value is -2.34. The largest absolute Gasteiger partial charge is 0.382 e. The molecule has 0 saturated carbocycles. The summed E-state index contributed by atoms with van der Waals surface area (Å²) in [6, 6.07) is 10.0. The molecule has 2 bridgehead atoms. The molecule has 1 aromatic heterocycles. The Kier molecular flexibility index (Phi) is 4.00. The molecule has 6 heteroatoms. The van der Waals surface area contributed by atoms with Crippen LogP contribution in [0.25, 0.3) is 0 Å². The van der Waals surface area contributed by atoms with Gasteiger partial charge in [0.15, 0.2) is 0 Å². The van der Waals surface area contributed by atoms with E-state index in [4.69, 9.17) is 0 Å². The number of piperidine rings is 1. The second-order valence-electron chi connectivity index (χ2n) is 7.24. The van der Waals surface area contributed by atoms with Gasteiger partial charge in [-0.1, -0.05) is 30.3 Å². The fourth-order valence-electron chi connectivity index (χ4n) is 4.42. The number of nitrogens with zero attached hydrogens (tertiary/aromatic N) is 3. The molecule has 0 spiro atoms. The van der Waals surface area contributed by atoms with E-state index in [1.54, 1.807) is 6.20 Å². The van der Waals surface area contributed by atoms with Gasteiger partial charge in [0.2, 0.25) is 0 Å². The zero-order valence-electron chi connectivity index (χ0n) is 14.4. The zero-order chi connectivity index (χ0) is 17.4. The van der Waals surface area contributed by atoms with Gasteiger partial charge in [-0.2, -0.15) is 0 Å². The molecule has 0 radical (unpaired) electrons. The minimum atomic E-state index is -0.944. The van der Waals surface area contributed by atoms with Gasteiger partial charge < -0.3 is 19.9 Å². The van der Waals surface area contributed by atoms with Crippen molar-refractivity contribution in [2.45, 2.75) is 49.9 Å². The predicted octanol–water partition coefficient (Wildman–Crippen LogP) is 2.14. The molecule has 6 nitrogen and oxygen atoms in total. The lowest BCUT2D eigenvalue weighted by atomic mass is 9.85. The van der Waals surface area contributed by atoms with Crippen LogP contribution in [0.15, 0.2) is 42.7 Å². The number of imidazole rings is 1. The molecule has 2 aliphatic rings. The maximum absolute atomic E-state index is 12.7. The van der Waals surface area contributed by atoms with Crippen molar-refractivity contribution in [3.8, 4) is 0 Å². The van der Waals surface area contributed by atoms with E-state index in [0.29, 0.717) is 25.2 Å². The van der Waals surface area contributed by atoms with Crippen LogP contribution >= 0.6 is 0 Å². The number of benzene rings is 1. The SMILES string of the molecule is Cn1ccnc1C1(O)C[C@H]2CC[C@H](C1)N2C(=O)NCc1ccccc1. The lowest BCUT2D eigenvalue weighted by molar-refractivity contribution is -0.0519. The molecule has 4 rings (SSSR count). The first kappa shape index (κ1) is 16.1. The topological polar surface area (TPSA) is 70.4 Å². The number of nitrogens with one attached hydrogen (secondary N) is 1. The minimum absolute atomic E-state index is 0.0294. The van der Waals surface area contributed by atoms with Gasteiger partial charge in [0.1, 0.15) is 11.4 Å². The molecule has 1 aromatic carbocycles. The highest BCUT2D eigenvalue weighted by Gasteiger charge is 2.51. The molecule has 3 heterocycles. The number of fused-ring (bicyclic) bond motifs is 2. The van der Waals surface area contributed by atoms with Crippen molar-refractivity contribution in [3.05, 3.63) is 54.1 Å². The first-order valence-electron chi connectivity index (χ1n) is 8.87. The number of hydrogen-bond donors (Lipinski definition) is 2. The molecule has 0 aliphatic carbocycles. The molecule has 2 aliphatic heterocycles. The van der Waals surface area contributed by atoms with Crippen molar-refractivity contribution in [2.75, 3.05) is 0 Å². The number of aliphatic hydroxyl groups is 1. The molecule has 2 N–H and O–H groups in total. The van der Waals surface area contributed by atoms with E-state index in [1.807, 2.05) is 53.0 Å². The van der Waals surface area contributed by atoms with Gasteiger partial charge in [0, 0.05) is 50.9 Å². The van der Waals surface area contributed by atoms with Crippen molar-refractivity contribution in [2.24, 2.45) is 7.05 Å². The van der Waals surface area contributed by atoms with Crippen molar-refractivity contribution in [3.63, 3.8) is 0 Å². The van der Waals surface area contributed by atoms with Gasteiger partial charge in [-0.3, -0.25) is 0 Å². The van der Waals surface area contributed by atoms with Gasteiger partial charge in [0.05, 0.1) is 0 Å². The van der Waals surface area contributed by atoms with Crippen LogP contribution in [-0.4, -0.2) is 37.7 Å². The minimum Gasteiger partial charge on any atom is -0.382 e. The zero-order valence-corrected chi connectivity index (χ0v) is 14.4. The monoisotopic (exact) mass is 340 g/mol. The average Bonchev–Trinajstić information content (AvgIpc) is 3.16. The Morgan fingerprint density at radius 2 is 1.96 bits per heavy atom. The van der Waals surface area contributed by atoms with Gasteiger partial charge >= 0.3 is 6.03 Å². The molecule has 2 fully saturated rings. The van der Waals surface area contributed by atoms with E-state index >= 15 is 0 Å². The van der Waals surface area contributed by atoms with Crippen molar-refractivity contribution in [1.29, 1.82) is 0 Å². The maximum atomic E-state index is 12.7. The first-order valence-corrected chi connectivity index (χ1v) is 8.87. The third-order valence-corrected chi connectivity index (χ3v) is 5.53. The van der Waals surface area contributed by atoms with E-state index in [9.17, 15) is 9.90 Å². The molecule has 0 unspecified atom stereocenters. The normalized spacial score (nSPS) is 28.2. The summed E-state index contributed by atoms with van der Waals surface area (Å²) in [5.74, 6) is 0.703. The quantitative estimate of drug-likeness (QED) is 0.899. The van der Waals surface area contributed by atoms with Gasteiger partial charge in [0.25, 0.3) is 0 Å². The number of carbonyl (C=O) groups is 1. The second-order valence-corrected chi connectivity index (χ2v) is 7.24. The van der Waals surface area contributed by atoms with Crippen LogP contribution in [0.3, 0.4) is 0 Å². The number of hydrogen-bond acceptors (Lipinski definition) is 3. The molecular weight excluding hydrogens is 316 g/mol. The van der Waals surface area contributed by atoms with Crippen LogP contribution in [0.4, 0.5) is 4.79 Å². The van der Waals surface area contributed by atoms with Crippen LogP contribution in [0.2, 0.25) is 0 Å². The van der Waals surface area contributed by atoms with Crippen molar-refractivity contribution >= 4 is 6.03 Å². The summed E-state index contributed by atoms with van der Waals surface area (Å²) in [5, 5.41) is 14.2. The molecule has 2 aromatic rings. The van der Waals surface area contributed by atoms with E-state index < -0.39 is 5.60 Å². The summed E-state index contributed by atoms with van der Waals surface area (Å²) in [7, 11) is 1.90. The Bertz CT molecular complexity index is 744. The summed E-state index contributed by atoms with van der Waals surface area (Å²) < 4.78 is 1.88. The van der Waals surface area contributed by atoms with Crippen molar-refractivity contribution < 1.29 is 9.90 Å². The van der Waals surface area contributed by atoms with E-state index in [2.05, 4.69) is 10.3 Å². The number of urea groups is 1. The number of amides is 2. The number of carbonyl (C=O) groups excluding carboxylic acids is 1. The summed E-state index contributed by atoms with van der Waals surface area (Å²) in [6.07, 6.45) is 6.55. The fourth-order valence-corrected chi connectivity index (χ4v) is 4.42. The summed E-state index contributed by atoms with van der Waals surface area (Å²) in [6.45, 7) is 0.527. The maximum Gasteiger partial charge on any atom is 0.318 e. The molecule has 25 heavy (non-hydrogen) atoms. The predicted molar refractivity (Wildman–Crippen MR) is 93.7 cm³/mol. The second kappa shape index (κ2) is 6.19. The highest BCUT2D eigenvalue weighted by Crippen LogP contribution is 2.45. The number of aryl methyl sites for hydroxylation is 1. The van der Waals surface area contributed by atoms with E-state index in [0.717, 1.165) is 18.4 Å². The van der Waals surface area contributed by atoms with Gasteiger partial charge in [-0.05, 0) is 18.4 Å². The van der Waals surface area contributed by atoms with Crippen LogP contribution in [0, 0.1) is 0 Å². The first-order chi connectivity index (χ1) is 12.1. The number of rotatable bonds is 3. The smallest absolute Gasteiger partial charge is 0.318 e. The summed E-state index contributed by atoms with van der Waals surface area (Å²) in [5.41, 5.74) is 0.144. The Morgan fingerprint density at radius 3 is 2.56 bits per heavy atom. The average molecular weight is 340 g/mol. The fraction of sp³-hybridized carbons (Fsp3) is 0.474. The Labute approximate surface area is 147 Å². The molecule has 132 valence electrons. The standard InChI is InChI=1S/C19H24N4O2/c1-22-10-9-20-17(22)19(25)11-15-7-8-16(12-19)23(15)18(24)21-13-14-5-3-2-4-6-14/h2-6,9-10,15-16,25H,7-8,11-13H2,1H3,(H,21,24)/t15-,16-/m1/s1. The molecule has 2 atom stereocenters. The van der Waals surface area contributed by atoms with Crippen LogP contribution in [-0.2, 0) is 19.2 Å². The van der Waals surface area contributed by atoms with Crippen LogP contribution < -0.4 is 5.32 Å². The summed E-state index contributed by atoms with van der Waals surface area (Å²) in [4.78, 5) is 19.0. The third-order valence-electron chi connectivity index (χ3n) is 5.53. The molecule has 2 amide bonds. The van der Waals surface area contributed by atoms with Gasteiger partial charge in [-0.25, -0.2) is 9.78 Å². The highest BCUT2D eigenvalue weighted by atomic mass is 16.3. The van der Waals surface area contributed by atoms with Crippen molar-refractivity contribution in [1.82, 2.24) is 19.8 Å².